The lowest BCUT2D eigenvalue weighted by molar-refractivity contribution is -0.119. The van der Waals surface area contributed by atoms with E-state index < -0.39 is 11.8 Å². The number of fused-ring (bicyclic) bond motifs is 1. The van der Waals surface area contributed by atoms with Crippen LogP contribution in [0.4, 0.5) is 5.69 Å². The number of carbonyl (C=O) groups is 1. The number of nitrogens with zero attached hydrogens (tertiary/aromatic N) is 2. The van der Waals surface area contributed by atoms with Crippen LogP contribution in [-0.4, -0.2) is 21.1 Å². The molecule has 0 spiro atoms. The van der Waals surface area contributed by atoms with Crippen LogP contribution >= 0.6 is 23.2 Å². The summed E-state index contributed by atoms with van der Waals surface area (Å²) in [6.07, 6.45) is 0. The molecule has 1 aromatic heterocycles. The summed E-state index contributed by atoms with van der Waals surface area (Å²) in [6, 6.07) is 9.47. The van der Waals surface area contributed by atoms with Gasteiger partial charge in [-0.15, -0.1) is 10.2 Å². The Kier molecular flexibility index (Phi) is 4.65. The van der Waals surface area contributed by atoms with E-state index in [1.807, 2.05) is 0 Å². The number of phenols is 1. The molecule has 1 amide bonds. The highest BCUT2D eigenvalue weighted by atomic mass is 35.5. The second-order valence-electron chi connectivity index (χ2n) is 5.46. The maximum atomic E-state index is 12.2. The smallest absolute Gasteiger partial charge is 0.271 e. The Bertz CT molecular complexity index is 981. The first-order chi connectivity index (χ1) is 11.9. The van der Waals surface area contributed by atoms with E-state index in [-0.39, 0.29) is 22.3 Å². The summed E-state index contributed by atoms with van der Waals surface area (Å²) in [4.78, 5) is 15.0. The Morgan fingerprint density at radius 1 is 1.12 bits per heavy atom. The molecule has 6 nitrogen and oxygen atoms in total. The zero-order valence-corrected chi connectivity index (χ0v) is 14.5. The summed E-state index contributed by atoms with van der Waals surface area (Å²) < 4.78 is 0. The molecule has 3 aromatic rings. The number of rotatable bonds is 3. The van der Waals surface area contributed by atoms with Gasteiger partial charge in [-0.05, 0) is 36.8 Å². The molecule has 0 radical (unpaired) electrons. The number of benzene rings is 2. The molecule has 0 saturated carbocycles. The summed E-state index contributed by atoms with van der Waals surface area (Å²) in [5.74, 6) is -1.21. The van der Waals surface area contributed by atoms with Gasteiger partial charge in [-0.25, -0.2) is 0 Å². The molecule has 0 aliphatic heterocycles. The fourth-order valence-electron chi connectivity index (χ4n) is 2.38. The van der Waals surface area contributed by atoms with Gasteiger partial charge in [0.1, 0.15) is 5.75 Å². The van der Waals surface area contributed by atoms with Gasteiger partial charge in [0.05, 0.1) is 26.9 Å². The van der Waals surface area contributed by atoms with Crippen LogP contribution in [0.25, 0.3) is 10.9 Å². The molecule has 3 rings (SSSR count). The number of nitrogens with one attached hydrogen (secondary N) is 1. The second-order valence-corrected chi connectivity index (χ2v) is 6.24. The molecular formula is C17H13Cl2N3O3. The average Bonchev–Trinajstić information content (AvgIpc) is 2.92. The van der Waals surface area contributed by atoms with Crippen LogP contribution in [-0.2, 0) is 4.79 Å². The number of azo groups is 1. The Labute approximate surface area is 152 Å². The summed E-state index contributed by atoms with van der Waals surface area (Å²) in [5, 5.41) is 27.8. The summed E-state index contributed by atoms with van der Waals surface area (Å²) >= 11 is 12.1. The first-order valence-corrected chi connectivity index (χ1v) is 8.07. The third-order valence-electron chi connectivity index (χ3n) is 3.82. The zero-order valence-electron chi connectivity index (χ0n) is 13.0. The largest absolute Gasteiger partial charge is 0.508 e. The molecule has 25 heavy (non-hydrogen) atoms. The van der Waals surface area contributed by atoms with Crippen molar-refractivity contribution in [2.75, 3.05) is 0 Å². The van der Waals surface area contributed by atoms with Crippen LogP contribution in [0.5, 0.6) is 11.6 Å². The summed E-state index contributed by atoms with van der Waals surface area (Å²) in [7, 11) is 0. The topological polar surface area (TPSA) is 98.0 Å². The SMILES string of the molecule is CC(C(=O)N=Nc1c(O)[nH]c2ccc(Cl)c(Cl)c12)c1ccc(O)cc1. The van der Waals surface area contributed by atoms with Gasteiger partial charge >= 0.3 is 0 Å². The van der Waals surface area contributed by atoms with E-state index in [4.69, 9.17) is 23.2 Å². The van der Waals surface area contributed by atoms with Crippen molar-refractivity contribution in [3.8, 4) is 11.6 Å². The van der Waals surface area contributed by atoms with Crippen molar-refractivity contribution >= 4 is 45.7 Å². The first kappa shape index (κ1) is 17.3. The molecule has 1 heterocycles. The molecule has 1 unspecified atom stereocenters. The van der Waals surface area contributed by atoms with Crippen molar-refractivity contribution in [3.05, 3.63) is 52.0 Å². The zero-order chi connectivity index (χ0) is 18.1. The number of halogens is 2. The van der Waals surface area contributed by atoms with Crippen LogP contribution in [0.15, 0.2) is 46.6 Å². The van der Waals surface area contributed by atoms with Crippen molar-refractivity contribution in [1.82, 2.24) is 4.98 Å². The number of hydrogen-bond donors (Lipinski definition) is 3. The van der Waals surface area contributed by atoms with Gasteiger partial charge in [-0.2, -0.15) is 0 Å². The normalized spacial score (nSPS) is 12.8. The van der Waals surface area contributed by atoms with E-state index >= 15 is 0 Å². The van der Waals surface area contributed by atoms with E-state index in [1.54, 1.807) is 31.2 Å². The fraction of sp³-hybridized carbons (Fsp3) is 0.118. The highest BCUT2D eigenvalue weighted by molar-refractivity contribution is 6.46. The molecule has 0 fully saturated rings. The standard InChI is InChI=1S/C17H13Cl2N3O3/c1-8(9-2-4-10(23)5-3-9)16(24)22-21-15-13-12(20-17(15)25)7-6-11(18)14(13)19/h2-8,20,23,25H,1H3. The Morgan fingerprint density at radius 2 is 1.80 bits per heavy atom. The third-order valence-corrected chi connectivity index (χ3v) is 4.63. The van der Waals surface area contributed by atoms with Gasteiger partial charge in [-0.3, -0.25) is 4.79 Å². The van der Waals surface area contributed by atoms with E-state index in [1.165, 1.54) is 12.1 Å². The van der Waals surface area contributed by atoms with Crippen molar-refractivity contribution in [3.63, 3.8) is 0 Å². The third kappa shape index (κ3) is 3.31. The number of aromatic nitrogens is 1. The van der Waals surface area contributed by atoms with E-state index in [9.17, 15) is 15.0 Å². The van der Waals surface area contributed by atoms with E-state index in [0.29, 0.717) is 21.5 Å². The molecule has 0 bridgehead atoms. The van der Waals surface area contributed by atoms with Crippen LogP contribution in [0.2, 0.25) is 10.0 Å². The predicted molar refractivity (Wildman–Crippen MR) is 96.0 cm³/mol. The minimum absolute atomic E-state index is 0.0498. The lowest BCUT2D eigenvalue weighted by atomic mass is 10.0. The van der Waals surface area contributed by atoms with E-state index in [2.05, 4.69) is 15.2 Å². The number of aromatic amines is 1. The van der Waals surface area contributed by atoms with Gasteiger partial charge in [0, 0.05) is 0 Å². The van der Waals surface area contributed by atoms with Gasteiger partial charge in [0.15, 0.2) is 5.69 Å². The summed E-state index contributed by atoms with van der Waals surface area (Å²) in [5.41, 5.74) is 1.26. The first-order valence-electron chi connectivity index (χ1n) is 7.31. The Hall–Kier alpha value is -2.57. The van der Waals surface area contributed by atoms with Gasteiger partial charge in [0.2, 0.25) is 5.88 Å². The second kappa shape index (κ2) is 6.74. The maximum Gasteiger partial charge on any atom is 0.271 e. The highest BCUT2D eigenvalue weighted by Gasteiger charge is 2.18. The van der Waals surface area contributed by atoms with Crippen LogP contribution in [0.3, 0.4) is 0 Å². The predicted octanol–water partition coefficient (Wildman–Crippen LogP) is 5.30. The molecular weight excluding hydrogens is 365 g/mol. The molecule has 128 valence electrons. The molecule has 2 aromatic carbocycles. The average molecular weight is 378 g/mol. The number of carbonyl (C=O) groups excluding carboxylic acids is 1. The van der Waals surface area contributed by atoms with Crippen LogP contribution < -0.4 is 0 Å². The molecule has 0 saturated heterocycles. The van der Waals surface area contributed by atoms with Crippen molar-refractivity contribution in [1.29, 1.82) is 0 Å². The molecule has 1 atom stereocenters. The molecule has 0 aliphatic rings. The van der Waals surface area contributed by atoms with Crippen LogP contribution in [0.1, 0.15) is 18.4 Å². The number of phenolic OH excluding ortho intramolecular Hbond substituents is 1. The minimum Gasteiger partial charge on any atom is -0.508 e. The minimum atomic E-state index is -0.559. The monoisotopic (exact) mass is 377 g/mol. The highest BCUT2D eigenvalue weighted by Crippen LogP contribution is 2.42. The Balaban J connectivity index is 1.92. The van der Waals surface area contributed by atoms with E-state index in [0.717, 1.165) is 0 Å². The lowest BCUT2D eigenvalue weighted by Gasteiger charge is -2.06. The van der Waals surface area contributed by atoms with Crippen molar-refractivity contribution < 1.29 is 15.0 Å². The Morgan fingerprint density at radius 3 is 2.48 bits per heavy atom. The number of hydrogen-bond acceptors (Lipinski definition) is 4. The quantitative estimate of drug-likeness (QED) is 0.540. The maximum absolute atomic E-state index is 12.2. The molecule has 3 N–H and O–H groups in total. The van der Waals surface area contributed by atoms with Gasteiger partial charge in [0.25, 0.3) is 5.91 Å². The number of H-pyrrole nitrogens is 1. The summed E-state index contributed by atoms with van der Waals surface area (Å²) in [6.45, 7) is 1.67. The fourth-order valence-corrected chi connectivity index (χ4v) is 2.79. The van der Waals surface area contributed by atoms with Crippen LogP contribution in [0, 0.1) is 0 Å². The molecule has 0 aliphatic carbocycles. The molecule has 8 heteroatoms. The van der Waals surface area contributed by atoms with Gasteiger partial charge < -0.3 is 15.2 Å². The number of amides is 1. The van der Waals surface area contributed by atoms with Gasteiger partial charge in [-0.1, -0.05) is 35.3 Å². The lowest BCUT2D eigenvalue weighted by Crippen LogP contribution is -2.05. The number of aromatic hydroxyl groups is 2. The van der Waals surface area contributed by atoms with Crippen molar-refractivity contribution in [2.45, 2.75) is 12.8 Å². The van der Waals surface area contributed by atoms with Crippen molar-refractivity contribution in [2.24, 2.45) is 10.2 Å².